The first kappa shape index (κ1) is 19.7. The Labute approximate surface area is 174 Å². The number of ketones is 2. The summed E-state index contributed by atoms with van der Waals surface area (Å²) in [5.41, 5.74) is 1.56. The maximum Gasteiger partial charge on any atom is 0.351 e. The molecule has 0 saturated carbocycles. The lowest BCUT2D eigenvalue weighted by Crippen LogP contribution is -2.44. The molecular formula is C20H12Cl2O7. The molecule has 2 heterocycles. The van der Waals surface area contributed by atoms with Gasteiger partial charge in [-0.3, -0.25) is 9.59 Å². The molecule has 0 spiro atoms. The van der Waals surface area contributed by atoms with Gasteiger partial charge in [-0.05, 0) is 35.4 Å². The summed E-state index contributed by atoms with van der Waals surface area (Å²) in [6.45, 7) is -0.0616. The Morgan fingerprint density at radius 1 is 0.793 bits per heavy atom. The number of hydrogen-bond donors (Lipinski definition) is 0. The molecule has 0 saturated heterocycles. The fourth-order valence-electron chi connectivity index (χ4n) is 3.14. The number of fused-ring (bicyclic) bond motifs is 2. The third kappa shape index (κ3) is 3.70. The lowest BCUT2D eigenvalue weighted by Gasteiger charge is -2.25. The summed E-state index contributed by atoms with van der Waals surface area (Å²) in [6.07, 6.45) is -3.27. The van der Waals surface area contributed by atoms with Gasteiger partial charge in [0, 0.05) is 21.2 Å². The van der Waals surface area contributed by atoms with Gasteiger partial charge in [-0.15, -0.1) is 0 Å². The first-order valence-corrected chi connectivity index (χ1v) is 9.25. The molecule has 29 heavy (non-hydrogen) atoms. The zero-order valence-electron chi connectivity index (χ0n) is 14.6. The molecular weight excluding hydrogens is 423 g/mol. The van der Waals surface area contributed by atoms with Gasteiger partial charge in [-0.25, -0.2) is 9.59 Å². The largest absolute Gasteiger partial charge is 0.389 e. The van der Waals surface area contributed by atoms with Crippen molar-refractivity contribution < 1.29 is 33.4 Å². The molecule has 2 aromatic rings. The van der Waals surface area contributed by atoms with Crippen molar-refractivity contribution in [2.75, 3.05) is 0 Å². The van der Waals surface area contributed by atoms with Gasteiger partial charge < -0.3 is 14.2 Å². The van der Waals surface area contributed by atoms with Crippen LogP contribution in [-0.4, -0.2) is 35.7 Å². The highest BCUT2D eigenvalue weighted by atomic mass is 35.5. The van der Waals surface area contributed by atoms with Crippen molar-refractivity contribution in [3.8, 4) is 0 Å². The van der Waals surface area contributed by atoms with Crippen LogP contribution in [0.3, 0.4) is 0 Å². The van der Waals surface area contributed by atoms with Crippen LogP contribution in [0.15, 0.2) is 36.4 Å². The second-order valence-electron chi connectivity index (χ2n) is 6.45. The molecule has 4 rings (SSSR count). The fraction of sp³-hybridized carbons (Fsp3) is 0.200. The van der Waals surface area contributed by atoms with E-state index in [2.05, 4.69) is 0 Å². The van der Waals surface area contributed by atoms with Crippen LogP contribution in [0.4, 0.5) is 0 Å². The molecule has 2 atom stereocenters. The van der Waals surface area contributed by atoms with Crippen LogP contribution in [0.5, 0.6) is 0 Å². The molecule has 0 amide bonds. The van der Waals surface area contributed by atoms with Crippen molar-refractivity contribution in [3.63, 3.8) is 0 Å². The van der Waals surface area contributed by atoms with Gasteiger partial charge in [-0.1, -0.05) is 35.3 Å². The zero-order chi connectivity index (χ0) is 20.7. The SMILES string of the molecule is O=C(OC(=O)C1OCc2ccc(Cl)cc2C1=O)C1OCc2ccc(Cl)cc2C1=O. The minimum Gasteiger partial charge on any atom is -0.389 e. The molecule has 0 aliphatic carbocycles. The lowest BCUT2D eigenvalue weighted by molar-refractivity contribution is -0.172. The number of carbonyl (C=O) groups excluding carboxylic acids is 4. The van der Waals surface area contributed by atoms with E-state index < -0.39 is 35.7 Å². The Balaban J connectivity index is 1.48. The molecule has 0 radical (unpaired) electrons. The third-order valence-electron chi connectivity index (χ3n) is 4.59. The zero-order valence-corrected chi connectivity index (χ0v) is 16.2. The Hall–Kier alpha value is -2.58. The van der Waals surface area contributed by atoms with Gasteiger partial charge in [-0.2, -0.15) is 0 Å². The average Bonchev–Trinajstić information content (AvgIpc) is 2.69. The van der Waals surface area contributed by atoms with E-state index in [9.17, 15) is 19.2 Å². The number of rotatable bonds is 2. The Morgan fingerprint density at radius 2 is 1.21 bits per heavy atom. The summed E-state index contributed by atoms with van der Waals surface area (Å²) < 4.78 is 15.2. The van der Waals surface area contributed by atoms with Crippen molar-refractivity contribution in [2.24, 2.45) is 0 Å². The fourth-order valence-corrected chi connectivity index (χ4v) is 3.49. The lowest BCUT2D eigenvalue weighted by atomic mass is 9.97. The molecule has 2 aliphatic heterocycles. The molecule has 0 fully saturated rings. The Kier molecular flexibility index (Phi) is 5.23. The van der Waals surface area contributed by atoms with Crippen LogP contribution in [0.25, 0.3) is 0 Å². The smallest absolute Gasteiger partial charge is 0.351 e. The van der Waals surface area contributed by atoms with E-state index in [1.54, 1.807) is 24.3 Å². The van der Waals surface area contributed by atoms with Gasteiger partial charge in [0.05, 0.1) is 13.2 Å². The van der Waals surface area contributed by atoms with Gasteiger partial charge in [0.15, 0.2) is 0 Å². The van der Waals surface area contributed by atoms with Gasteiger partial charge >= 0.3 is 11.9 Å². The first-order chi connectivity index (χ1) is 13.8. The van der Waals surface area contributed by atoms with Crippen LogP contribution in [0.2, 0.25) is 10.0 Å². The maximum absolute atomic E-state index is 12.5. The highest BCUT2D eigenvalue weighted by molar-refractivity contribution is 6.31. The second kappa shape index (κ2) is 7.68. The number of benzene rings is 2. The molecule has 148 valence electrons. The predicted molar refractivity (Wildman–Crippen MR) is 99.8 cm³/mol. The average molecular weight is 435 g/mol. The number of halogens is 2. The van der Waals surface area contributed by atoms with E-state index in [0.717, 1.165) is 0 Å². The van der Waals surface area contributed by atoms with E-state index in [4.69, 9.17) is 37.4 Å². The molecule has 0 N–H and O–H groups in total. The van der Waals surface area contributed by atoms with E-state index in [1.165, 1.54) is 12.1 Å². The van der Waals surface area contributed by atoms with E-state index in [0.29, 0.717) is 21.2 Å². The summed E-state index contributed by atoms with van der Waals surface area (Å²) >= 11 is 11.8. The minimum atomic E-state index is -1.63. The normalized spacial score (nSPS) is 20.6. The standard InChI is InChI=1S/C20H12Cl2O7/c21-11-3-1-9-7-27-17(15(23)13(9)5-11)19(25)29-20(26)18-16(24)14-6-12(22)4-2-10(14)8-28-18/h1-6,17-18H,7-8H2. The third-order valence-corrected chi connectivity index (χ3v) is 5.06. The van der Waals surface area contributed by atoms with Crippen molar-refractivity contribution in [1.82, 2.24) is 0 Å². The van der Waals surface area contributed by atoms with Crippen molar-refractivity contribution >= 4 is 46.7 Å². The van der Waals surface area contributed by atoms with E-state index >= 15 is 0 Å². The van der Waals surface area contributed by atoms with Crippen LogP contribution in [0.1, 0.15) is 31.8 Å². The van der Waals surface area contributed by atoms with Gasteiger partial charge in [0.2, 0.25) is 23.8 Å². The monoisotopic (exact) mass is 434 g/mol. The van der Waals surface area contributed by atoms with Crippen molar-refractivity contribution in [1.29, 1.82) is 0 Å². The molecule has 0 aromatic heterocycles. The number of hydrogen-bond acceptors (Lipinski definition) is 7. The van der Waals surface area contributed by atoms with Crippen LogP contribution < -0.4 is 0 Å². The van der Waals surface area contributed by atoms with Crippen LogP contribution >= 0.6 is 23.2 Å². The minimum absolute atomic E-state index is 0.0308. The number of Topliss-reactive ketones (excluding diaryl/α,β-unsaturated/α-hetero) is 2. The number of carbonyl (C=O) groups is 4. The number of esters is 2. The summed E-state index contributed by atoms with van der Waals surface area (Å²) in [6, 6.07) is 9.24. The molecule has 2 aromatic carbocycles. The molecule has 2 aliphatic rings. The number of ether oxygens (including phenoxy) is 3. The highest BCUT2D eigenvalue weighted by Crippen LogP contribution is 2.27. The molecule has 7 nitrogen and oxygen atoms in total. The van der Waals surface area contributed by atoms with Gasteiger partial charge in [0.1, 0.15) is 0 Å². The quantitative estimate of drug-likeness (QED) is 0.529. The topological polar surface area (TPSA) is 96.0 Å². The summed E-state index contributed by atoms with van der Waals surface area (Å²) in [4.78, 5) is 49.8. The Bertz CT molecular complexity index is 979. The molecule has 2 unspecified atom stereocenters. The van der Waals surface area contributed by atoms with E-state index in [1.807, 2.05) is 0 Å². The highest BCUT2D eigenvalue weighted by Gasteiger charge is 2.41. The predicted octanol–water partition coefficient (Wildman–Crippen LogP) is 2.93. The maximum atomic E-state index is 12.5. The summed E-state index contributed by atoms with van der Waals surface area (Å²) in [7, 11) is 0. The van der Waals surface area contributed by atoms with Crippen molar-refractivity contribution in [2.45, 2.75) is 25.4 Å². The van der Waals surface area contributed by atoms with Crippen molar-refractivity contribution in [3.05, 3.63) is 68.7 Å². The first-order valence-electron chi connectivity index (χ1n) is 8.49. The molecule has 9 heteroatoms. The molecule has 0 bridgehead atoms. The van der Waals surface area contributed by atoms with Crippen LogP contribution in [0, 0.1) is 0 Å². The van der Waals surface area contributed by atoms with Gasteiger partial charge in [0.25, 0.3) is 0 Å². The van der Waals surface area contributed by atoms with E-state index in [-0.39, 0.29) is 24.3 Å². The Morgan fingerprint density at radius 3 is 1.62 bits per heavy atom. The second-order valence-corrected chi connectivity index (χ2v) is 7.33. The van der Waals surface area contributed by atoms with Crippen LogP contribution in [-0.2, 0) is 37.0 Å². The summed E-state index contributed by atoms with van der Waals surface area (Å²) in [5, 5.41) is 0.640. The summed E-state index contributed by atoms with van der Waals surface area (Å²) in [5.74, 6) is -3.81.